The van der Waals surface area contributed by atoms with Gasteiger partial charge in [-0.05, 0) is 36.8 Å². The maximum Gasteiger partial charge on any atom is 0.0991 e. The van der Waals surface area contributed by atoms with Crippen LogP contribution in [-0.4, -0.2) is 0 Å². The molecule has 0 saturated carbocycles. The molecule has 0 aliphatic heterocycles. The van der Waals surface area contributed by atoms with E-state index < -0.39 is 0 Å². The Labute approximate surface area is 128 Å². The van der Waals surface area contributed by atoms with Gasteiger partial charge in [0.1, 0.15) is 0 Å². The Morgan fingerprint density at radius 3 is 2.79 bits per heavy atom. The van der Waals surface area contributed by atoms with Gasteiger partial charge in [0.05, 0.1) is 16.0 Å². The average molecular weight is 313 g/mol. The largest absolute Gasteiger partial charge is 0.305 e. The van der Waals surface area contributed by atoms with Crippen molar-refractivity contribution < 1.29 is 0 Å². The first-order valence-corrected chi connectivity index (χ1v) is 6.86. The maximum absolute atomic E-state index is 8.84. The molecule has 1 aromatic heterocycles. The summed E-state index contributed by atoms with van der Waals surface area (Å²) in [6.07, 6.45) is 0. The van der Waals surface area contributed by atoms with Crippen LogP contribution in [0.4, 0.5) is 0 Å². The normalized spacial score (nSPS) is 11.4. The van der Waals surface area contributed by atoms with Gasteiger partial charge >= 0.3 is 0 Å². The van der Waals surface area contributed by atoms with Crippen molar-refractivity contribution in [2.24, 2.45) is 0 Å². The molecule has 0 saturated heterocycles. The topological polar surface area (TPSA) is 35.8 Å². The van der Waals surface area contributed by atoms with E-state index in [-0.39, 0.29) is 18.4 Å². The predicted octanol–water partition coefficient (Wildman–Crippen LogP) is 4.55. The van der Waals surface area contributed by atoms with Crippen molar-refractivity contribution in [3.8, 4) is 6.07 Å². The van der Waals surface area contributed by atoms with E-state index in [9.17, 15) is 0 Å². The number of nitrogens with one attached hydrogen (secondary N) is 1. The SMILES string of the molecule is CC(NCc1cccc(C#N)c1)c1ccc(Cl)s1.Cl. The van der Waals surface area contributed by atoms with Crippen molar-refractivity contribution >= 4 is 35.3 Å². The molecule has 1 atom stereocenters. The molecule has 2 aromatic rings. The molecule has 0 fully saturated rings. The highest BCUT2D eigenvalue weighted by Gasteiger charge is 2.07. The monoisotopic (exact) mass is 312 g/mol. The second-order valence-electron chi connectivity index (χ2n) is 4.06. The number of rotatable bonds is 4. The van der Waals surface area contributed by atoms with Gasteiger partial charge in [-0.3, -0.25) is 0 Å². The number of hydrogen-bond acceptors (Lipinski definition) is 3. The second kappa shape index (κ2) is 7.52. The van der Waals surface area contributed by atoms with Crippen LogP contribution in [0.5, 0.6) is 0 Å². The Morgan fingerprint density at radius 2 is 2.16 bits per heavy atom. The van der Waals surface area contributed by atoms with Gasteiger partial charge in [-0.1, -0.05) is 23.7 Å². The molecule has 1 aromatic carbocycles. The molecular weight excluding hydrogens is 299 g/mol. The lowest BCUT2D eigenvalue weighted by atomic mass is 10.1. The molecule has 0 aliphatic rings. The molecule has 5 heteroatoms. The van der Waals surface area contributed by atoms with E-state index in [1.165, 1.54) is 4.88 Å². The molecular formula is C14H14Cl2N2S. The van der Waals surface area contributed by atoms with Gasteiger partial charge in [-0.25, -0.2) is 0 Å². The summed E-state index contributed by atoms with van der Waals surface area (Å²) in [6, 6.07) is 14.0. The first-order valence-electron chi connectivity index (χ1n) is 5.66. The molecule has 0 radical (unpaired) electrons. The fraction of sp³-hybridized carbons (Fsp3) is 0.214. The van der Waals surface area contributed by atoms with Crippen molar-refractivity contribution in [3.63, 3.8) is 0 Å². The van der Waals surface area contributed by atoms with E-state index in [1.54, 1.807) is 11.3 Å². The van der Waals surface area contributed by atoms with Crippen LogP contribution in [0.2, 0.25) is 4.34 Å². The van der Waals surface area contributed by atoms with Gasteiger partial charge in [0.25, 0.3) is 0 Å². The number of halogens is 2. The Kier molecular flexibility index (Phi) is 6.33. The molecule has 0 amide bonds. The van der Waals surface area contributed by atoms with Crippen molar-refractivity contribution in [1.29, 1.82) is 5.26 Å². The standard InChI is InChI=1S/C14H13ClN2S.ClH/c1-10(13-5-6-14(15)18-13)17-9-12-4-2-3-11(7-12)8-16;/h2-7,10,17H,9H2,1H3;1H. The molecule has 0 bridgehead atoms. The first-order chi connectivity index (χ1) is 8.69. The average Bonchev–Trinajstić information content (AvgIpc) is 2.83. The van der Waals surface area contributed by atoms with Crippen LogP contribution in [0.1, 0.15) is 29.0 Å². The second-order valence-corrected chi connectivity index (χ2v) is 5.80. The summed E-state index contributed by atoms with van der Waals surface area (Å²) in [5.74, 6) is 0. The molecule has 0 spiro atoms. The van der Waals surface area contributed by atoms with Crippen molar-refractivity contribution in [2.75, 3.05) is 0 Å². The Hall–Kier alpha value is -1.05. The third-order valence-corrected chi connectivity index (χ3v) is 4.10. The summed E-state index contributed by atoms with van der Waals surface area (Å²) < 4.78 is 0.810. The van der Waals surface area contributed by atoms with Crippen LogP contribution >= 0.6 is 35.3 Å². The smallest absolute Gasteiger partial charge is 0.0991 e. The van der Waals surface area contributed by atoms with E-state index >= 15 is 0 Å². The summed E-state index contributed by atoms with van der Waals surface area (Å²) >= 11 is 7.51. The molecule has 1 unspecified atom stereocenters. The van der Waals surface area contributed by atoms with Gasteiger partial charge in [0, 0.05) is 17.5 Å². The highest BCUT2D eigenvalue weighted by molar-refractivity contribution is 7.16. The van der Waals surface area contributed by atoms with Crippen LogP contribution in [0.25, 0.3) is 0 Å². The zero-order valence-corrected chi connectivity index (χ0v) is 12.8. The minimum Gasteiger partial charge on any atom is -0.305 e. The Morgan fingerprint density at radius 1 is 1.37 bits per heavy atom. The van der Waals surface area contributed by atoms with E-state index in [1.807, 2.05) is 36.4 Å². The van der Waals surface area contributed by atoms with E-state index in [2.05, 4.69) is 18.3 Å². The highest BCUT2D eigenvalue weighted by atomic mass is 35.5. The molecule has 1 heterocycles. The zero-order valence-electron chi connectivity index (χ0n) is 10.4. The number of thiophene rings is 1. The minimum absolute atomic E-state index is 0. The lowest BCUT2D eigenvalue weighted by Crippen LogP contribution is -2.17. The van der Waals surface area contributed by atoms with E-state index in [0.717, 1.165) is 16.4 Å². The Bertz CT molecular complexity index is 575. The van der Waals surface area contributed by atoms with Gasteiger partial charge < -0.3 is 5.32 Å². The van der Waals surface area contributed by atoms with E-state index in [4.69, 9.17) is 16.9 Å². The number of nitrogens with zero attached hydrogens (tertiary/aromatic N) is 1. The molecule has 100 valence electrons. The predicted molar refractivity (Wildman–Crippen MR) is 83.0 cm³/mol. The molecule has 19 heavy (non-hydrogen) atoms. The van der Waals surface area contributed by atoms with Gasteiger partial charge in [0.15, 0.2) is 0 Å². The molecule has 1 N–H and O–H groups in total. The zero-order chi connectivity index (χ0) is 13.0. The lowest BCUT2D eigenvalue weighted by molar-refractivity contribution is 0.583. The minimum atomic E-state index is 0. The van der Waals surface area contributed by atoms with E-state index in [0.29, 0.717) is 5.56 Å². The fourth-order valence-corrected chi connectivity index (χ4v) is 2.77. The van der Waals surface area contributed by atoms with Crippen LogP contribution in [0.15, 0.2) is 36.4 Å². The molecule has 0 aliphatic carbocycles. The van der Waals surface area contributed by atoms with Crippen LogP contribution in [-0.2, 0) is 6.54 Å². The summed E-state index contributed by atoms with van der Waals surface area (Å²) in [7, 11) is 0. The van der Waals surface area contributed by atoms with Crippen LogP contribution < -0.4 is 5.32 Å². The third-order valence-electron chi connectivity index (χ3n) is 2.69. The Balaban J connectivity index is 0.00000180. The van der Waals surface area contributed by atoms with Gasteiger partial charge in [-0.2, -0.15) is 5.26 Å². The number of hydrogen-bond donors (Lipinski definition) is 1. The van der Waals surface area contributed by atoms with Crippen LogP contribution in [0, 0.1) is 11.3 Å². The highest BCUT2D eigenvalue weighted by Crippen LogP contribution is 2.26. The summed E-state index contributed by atoms with van der Waals surface area (Å²) in [6.45, 7) is 2.85. The van der Waals surface area contributed by atoms with Crippen molar-refractivity contribution in [2.45, 2.75) is 19.5 Å². The maximum atomic E-state index is 8.84. The summed E-state index contributed by atoms with van der Waals surface area (Å²) in [5.41, 5.74) is 1.81. The van der Waals surface area contributed by atoms with Gasteiger partial charge in [0.2, 0.25) is 0 Å². The number of nitriles is 1. The third kappa shape index (κ3) is 4.52. The molecule has 2 rings (SSSR count). The summed E-state index contributed by atoms with van der Waals surface area (Å²) in [5, 5.41) is 12.3. The van der Waals surface area contributed by atoms with Crippen LogP contribution in [0.3, 0.4) is 0 Å². The molecule has 2 nitrogen and oxygen atoms in total. The lowest BCUT2D eigenvalue weighted by Gasteiger charge is -2.12. The fourth-order valence-electron chi connectivity index (χ4n) is 1.68. The number of benzene rings is 1. The van der Waals surface area contributed by atoms with Gasteiger partial charge in [-0.15, -0.1) is 23.7 Å². The van der Waals surface area contributed by atoms with Crippen molar-refractivity contribution in [1.82, 2.24) is 5.32 Å². The quantitative estimate of drug-likeness (QED) is 0.899. The first kappa shape index (κ1) is 16.0. The van der Waals surface area contributed by atoms with Crippen molar-refractivity contribution in [3.05, 3.63) is 56.7 Å². The summed E-state index contributed by atoms with van der Waals surface area (Å²) in [4.78, 5) is 1.22.